The molecule has 1 aliphatic carbocycles. The fourth-order valence-corrected chi connectivity index (χ4v) is 7.32. The number of anilines is 2. The van der Waals surface area contributed by atoms with Crippen molar-refractivity contribution in [3.63, 3.8) is 0 Å². The number of nitrogens with zero attached hydrogens (tertiary/aromatic N) is 4. The van der Waals surface area contributed by atoms with Gasteiger partial charge in [0, 0.05) is 38.1 Å². The van der Waals surface area contributed by atoms with E-state index in [0.717, 1.165) is 53.5 Å². The van der Waals surface area contributed by atoms with Crippen molar-refractivity contribution in [3.8, 4) is 0 Å². The van der Waals surface area contributed by atoms with Gasteiger partial charge < -0.3 is 15.5 Å². The third-order valence-electron chi connectivity index (χ3n) is 7.87. The first kappa shape index (κ1) is 28.0. The maximum Gasteiger partial charge on any atom is 0.243 e. The van der Waals surface area contributed by atoms with Crippen molar-refractivity contribution >= 4 is 44.2 Å². The van der Waals surface area contributed by atoms with E-state index in [1.807, 2.05) is 50.2 Å². The molecule has 2 fully saturated rings. The zero-order chi connectivity index (χ0) is 28.4. The molecule has 1 aromatic heterocycles. The first-order valence-electron chi connectivity index (χ1n) is 13.9. The molecular weight excluding hydrogens is 524 g/mol. The fraction of sp³-hybridized carbons (Fsp3) is 0.433. The van der Waals surface area contributed by atoms with Crippen LogP contribution in [0.25, 0.3) is 16.5 Å². The Hall–Kier alpha value is -3.50. The van der Waals surface area contributed by atoms with Crippen LogP contribution in [0.5, 0.6) is 0 Å². The summed E-state index contributed by atoms with van der Waals surface area (Å²) in [6.07, 6.45) is 4.52. The Balaban J connectivity index is 1.19. The van der Waals surface area contributed by atoms with E-state index in [-0.39, 0.29) is 22.9 Å². The highest BCUT2D eigenvalue weighted by molar-refractivity contribution is 7.89. The van der Waals surface area contributed by atoms with E-state index in [2.05, 4.69) is 17.2 Å². The van der Waals surface area contributed by atoms with E-state index in [4.69, 9.17) is 9.97 Å². The van der Waals surface area contributed by atoms with Gasteiger partial charge in [0.25, 0.3) is 0 Å². The van der Waals surface area contributed by atoms with Crippen LogP contribution in [0, 0.1) is 0 Å². The van der Waals surface area contributed by atoms with Crippen LogP contribution in [0.1, 0.15) is 51.0 Å². The molecule has 1 atom stereocenters. The van der Waals surface area contributed by atoms with Crippen LogP contribution in [-0.4, -0.2) is 67.4 Å². The van der Waals surface area contributed by atoms with Crippen LogP contribution < -0.4 is 15.5 Å². The molecule has 0 spiro atoms. The highest BCUT2D eigenvalue weighted by atomic mass is 32.2. The standard InChI is InChI=1S/C30H38N6O3S/c1-20(2)21-11-17-24(18-12-21)40(38,39)36-19-7-10-27(36)29(37)31-22-13-15-23(16-14-22)32-30-33-26-9-6-5-8-25(26)28(34-30)35(3)4/h5-6,8-9,11-12,17-18,22-23,27H,1,7,10,13-16,19H2,2-4H3,(H,31,37)(H,32,33,34)/t22-,23+,27-/m0/s1. The largest absolute Gasteiger partial charge is 0.362 e. The average molecular weight is 563 g/mol. The molecular formula is C30H38N6O3S. The molecule has 5 rings (SSSR count). The summed E-state index contributed by atoms with van der Waals surface area (Å²) >= 11 is 0. The zero-order valence-corrected chi connectivity index (χ0v) is 24.2. The second kappa shape index (κ2) is 11.5. The summed E-state index contributed by atoms with van der Waals surface area (Å²) in [4.78, 5) is 24.9. The molecule has 0 bridgehead atoms. The van der Waals surface area contributed by atoms with Gasteiger partial charge in [0.15, 0.2) is 0 Å². The number of carbonyl (C=O) groups excluding carboxylic acids is 1. The van der Waals surface area contributed by atoms with Gasteiger partial charge in [-0.15, -0.1) is 0 Å². The molecule has 10 heteroatoms. The number of allylic oxidation sites excluding steroid dienone is 1. The third kappa shape index (κ3) is 5.83. The molecule has 0 radical (unpaired) electrons. The number of sulfonamides is 1. The van der Waals surface area contributed by atoms with Gasteiger partial charge in [-0.05, 0) is 75.3 Å². The Labute approximate surface area is 236 Å². The number of aromatic nitrogens is 2. The highest BCUT2D eigenvalue weighted by Gasteiger charge is 2.40. The number of nitrogens with one attached hydrogen (secondary N) is 2. The van der Waals surface area contributed by atoms with E-state index in [0.29, 0.717) is 25.3 Å². The van der Waals surface area contributed by atoms with Gasteiger partial charge in [-0.2, -0.15) is 9.29 Å². The Morgan fingerprint density at radius 3 is 2.33 bits per heavy atom. The van der Waals surface area contributed by atoms with Crippen LogP contribution in [-0.2, 0) is 14.8 Å². The molecule has 40 heavy (non-hydrogen) atoms. The molecule has 2 aromatic carbocycles. The topological polar surface area (TPSA) is 108 Å². The molecule has 0 unspecified atom stereocenters. The quantitative estimate of drug-likeness (QED) is 0.418. The summed E-state index contributed by atoms with van der Waals surface area (Å²) in [5.41, 5.74) is 2.66. The van der Waals surface area contributed by atoms with E-state index < -0.39 is 16.1 Å². The normalized spacial score (nSPS) is 21.7. The van der Waals surface area contributed by atoms with E-state index in [1.165, 1.54) is 4.31 Å². The highest BCUT2D eigenvalue weighted by Crippen LogP contribution is 2.29. The van der Waals surface area contributed by atoms with Crippen LogP contribution in [0.4, 0.5) is 11.8 Å². The van der Waals surface area contributed by atoms with Crippen LogP contribution >= 0.6 is 0 Å². The number of amides is 1. The SMILES string of the molecule is C=C(C)c1ccc(S(=O)(=O)N2CCC[C@H]2C(=O)N[C@H]2CC[C@@H](Nc3nc(N(C)C)c4ccccc4n3)CC2)cc1. The molecule has 3 aromatic rings. The Morgan fingerprint density at radius 1 is 0.975 bits per heavy atom. The smallest absolute Gasteiger partial charge is 0.243 e. The minimum atomic E-state index is -3.77. The average Bonchev–Trinajstić information content (AvgIpc) is 3.45. The van der Waals surface area contributed by atoms with Gasteiger partial charge in [0.2, 0.25) is 21.9 Å². The van der Waals surface area contributed by atoms with Crippen LogP contribution in [0.2, 0.25) is 0 Å². The van der Waals surface area contributed by atoms with Gasteiger partial charge in [0.05, 0.1) is 10.4 Å². The maximum atomic E-state index is 13.4. The molecule has 2 N–H and O–H groups in total. The van der Waals surface area contributed by atoms with Crippen molar-refractivity contribution in [3.05, 3.63) is 60.7 Å². The third-order valence-corrected chi connectivity index (χ3v) is 9.80. The van der Waals surface area contributed by atoms with Gasteiger partial charge in [-0.3, -0.25) is 4.79 Å². The van der Waals surface area contributed by atoms with E-state index >= 15 is 0 Å². The van der Waals surface area contributed by atoms with Crippen molar-refractivity contribution in [2.75, 3.05) is 30.9 Å². The molecule has 1 saturated heterocycles. The first-order valence-corrected chi connectivity index (χ1v) is 15.4. The summed E-state index contributed by atoms with van der Waals surface area (Å²) in [7, 11) is 0.180. The van der Waals surface area contributed by atoms with Crippen molar-refractivity contribution in [1.82, 2.24) is 19.6 Å². The van der Waals surface area contributed by atoms with E-state index in [1.54, 1.807) is 24.3 Å². The van der Waals surface area contributed by atoms with Gasteiger partial charge in [0.1, 0.15) is 11.9 Å². The summed E-state index contributed by atoms with van der Waals surface area (Å²) in [5.74, 6) is 1.28. The molecule has 2 heterocycles. The molecule has 1 aliphatic heterocycles. The monoisotopic (exact) mass is 562 g/mol. The second-order valence-electron chi connectivity index (χ2n) is 11.1. The zero-order valence-electron chi connectivity index (χ0n) is 23.4. The van der Waals surface area contributed by atoms with Gasteiger partial charge >= 0.3 is 0 Å². The Morgan fingerprint density at radius 2 is 1.65 bits per heavy atom. The Bertz CT molecular complexity index is 1500. The van der Waals surface area contributed by atoms with Crippen molar-refractivity contribution < 1.29 is 13.2 Å². The number of rotatable bonds is 8. The predicted molar refractivity (Wildman–Crippen MR) is 160 cm³/mol. The van der Waals surface area contributed by atoms with E-state index in [9.17, 15) is 13.2 Å². The lowest BCUT2D eigenvalue weighted by atomic mass is 9.91. The molecule has 2 aliphatic rings. The lowest BCUT2D eigenvalue weighted by molar-refractivity contribution is -0.125. The first-order chi connectivity index (χ1) is 19.1. The summed E-state index contributed by atoms with van der Waals surface area (Å²) < 4.78 is 28.1. The molecule has 1 saturated carbocycles. The van der Waals surface area contributed by atoms with Crippen LogP contribution in [0.15, 0.2) is 60.0 Å². The van der Waals surface area contributed by atoms with Crippen LogP contribution in [0.3, 0.4) is 0 Å². The fourth-order valence-electron chi connectivity index (χ4n) is 5.66. The molecule has 212 valence electrons. The Kier molecular flexibility index (Phi) is 8.09. The van der Waals surface area contributed by atoms with Crippen molar-refractivity contribution in [2.45, 2.75) is 68.5 Å². The minimum Gasteiger partial charge on any atom is -0.362 e. The second-order valence-corrected chi connectivity index (χ2v) is 13.0. The number of benzene rings is 2. The lowest BCUT2D eigenvalue weighted by Gasteiger charge is -2.31. The summed E-state index contributed by atoms with van der Waals surface area (Å²) in [6, 6.07) is 14.2. The maximum absolute atomic E-state index is 13.4. The number of hydrogen-bond donors (Lipinski definition) is 2. The molecule has 9 nitrogen and oxygen atoms in total. The number of hydrogen-bond acceptors (Lipinski definition) is 7. The number of para-hydroxylation sites is 1. The predicted octanol–water partition coefficient (Wildman–Crippen LogP) is 4.42. The molecule has 1 amide bonds. The summed E-state index contributed by atoms with van der Waals surface area (Å²) in [5, 5.41) is 7.66. The summed E-state index contributed by atoms with van der Waals surface area (Å²) in [6.45, 7) is 6.13. The number of fused-ring (bicyclic) bond motifs is 1. The van der Waals surface area contributed by atoms with Gasteiger partial charge in [-0.25, -0.2) is 13.4 Å². The lowest BCUT2D eigenvalue weighted by Crippen LogP contribution is -2.50. The van der Waals surface area contributed by atoms with Gasteiger partial charge in [-0.1, -0.05) is 36.4 Å². The number of carbonyl (C=O) groups is 1. The van der Waals surface area contributed by atoms with Crippen molar-refractivity contribution in [2.24, 2.45) is 0 Å². The minimum absolute atomic E-state index is 0.0143. The van der Waals surface area contributed by atoms with Crippen molar-refractivity contribution in [1.29, 1.82) is 0 Å².